The van der Waals surface area contributed by atoms with Crippen LogP contribution in [0.25, 0.3) is 0 Å². The molecule has 0 rings (SSSR count). The van der Waals surface area contributed by atoms with Crippen LogP contribution in [0, 0.1) is 0 Å². The maximum atomic E-state index is 11.6. The standard InChI is InChI=1S/C19H33NO4/c1-2-3-7-12-17(21)13-8-6-11-16-20-18(22)14-9-4-5-10-15-19(23)24/h6,8,11,13,17,21H,2-5,7,9-10,12,14-16H2,1H3,(H,20,22)(H,23,24)/b11-6-,13-8+. The topological polar surface area (TPSA) is 86.6 Å². The molecule has 1 amide bonds. The number of carboxylic acids is 1. The molecule has 0 aromatic rings. The summed E-state index contributed by atoms with van der Waals surface area (Å²) in [6.07, 6.45) is 14.9. The molecule has 138 valence electrons. The molecule has 5 nitrogen and oxygen atoms in total. The number of nitrogens with one attached hydrogen (secondary N) is 1. The number of carbonyl (C=O) groups excluding carboxylic acids is 1. The Bertz CT molecular complexity index is 391. The van der Waals surface area contributed by atoms with E-state index in [0.29, 0.717) is 19.4 Å². The summed E-state index contributed by atoms with van der Waals surface area (Å²) in [6.45, 7) is 2.62. The molecule has 3 N–H and O–H groups in total. The van der Waals surface area contributed by atoms with Crippen molar-refractivity contribution in [3.05, 3.63) is 24.3 Å². The highest BCUT2D eigenvalue weighted by Crippen LogP contribution is 2.05. The summed E-state index contributed by atoms with van der Waals surface area (Å²) in [5, 5.41) is 21.0. The Morgan fingerprint density at radius 3 is 2.38 bits per heavy atom. The lowest BCUT2D eigenvalue weighted by atomic mass is 10.1. The molecule has 0 saturated carbocycles. The van der Waals surface area contributed by atoms with Gasteiger partial charge in [-0.3, -0.25) is 9.59 Å². The molecular formula is C19H33NO4. The van der Waals surface area contributed by atoms with E-state index in [2.05, 4.69) is 12.2 Å². The molecule has 1 unspecified atom stereocenters. The van der Waals surface area contributed by atoms with E-state index in [-0.39, 0.29) is 12.3 Å². The fraction of sp³-hybridized carbons (Fsp3) is 0.684. The van der Waals surface area contributed by atoms with Gasteiger partial charge in [0.1, 0.15) is 0 Å². The van der Waals surface area contributed by atoms with Gasteiger partial charge >= 0.3 is 5.97 Å². The minimum Gasteiger partial charge on any atom is -0.481 e. The van der Waals surface area contributed by atoms with Crippen LogP contribution in [-0.4, -0.2) is 34.7 Å². The fourth-order valence-corrected chi connectivity index (χ4v) is 2.22. The van der Waals surface area contributed by atoms with E-state index < -0.39 is 12.1 Å². The van der Waals surface area contributed by atoms with Crippen molar-refractivity contribution >= 4 is 11.9 Å². The van der Waals surface area contributed by atoms with Gasteiger partial charge in [-0.05, 0) is 19.3 Å². The molecule has 24 heavy (non-hydrogen) atoms. The Labute approximate surface area is 145 Å². The number of allylic oxidation sites excluding steroid dienone is 2. The van der Waals surface area contributed by atoms with Gasteiger partial charge in [0, 0.05) is 19.4 Å². The number of carbonyl (C=O) groups is 2. The largest absolute Gasteiger partial charge is 0.481 e. The number of hydrogen-bond donors (Lipinski definition) is 3. The molecule has 0 aliphatic carbocycles. The smallest absolute Gasteiger partial charge is 0.303 e. The Kier molecular flexibility index (Phi) is 15.1. The van der Waals surface area contributed by atoms with Crippen molar-refractivity contribution in [3.8, 4) is 0 Å². The SMILES string of the molecule is CCCCCC(O)/C=C/C=C\CNC(=O)CCCCCCC(=O)O. The molecule has 0 heterocycles. The van der Waals surface area contributed by atoms with Crippen LogP contribution in [0.3, 0.4) is 0 Å². The van der Waals surface area contributed by atoms with Crippen molar-refractivity contribution in [1.29, 1.82) is 0 Å². The van der Waals surface area contributed by atoms with Crippen LogP contribution < -0.4 is 5.32 Å². The van der Waals surface area contributed by atoms with E-state index in [1.165, 1.54) is 0 Å². The molecule has 0 radical (unpaired) electrons. The average molecular weight is 339 g/mol. The number of aliphatic hydroxyl groups is 1. The predicted octanol–water partition coefficient (Wildman–Crippen LogP) is 3.58. The number of aliphatic hydroxyl groups excluding tert-OH is 1. The first-order chi connectivity index (χ1) is 11.6. The molecule has 0 bridgehead atoms. The zero-order chi connectivity index (χ0) is 18.0. The molecular weight excluding hydrogens is 306 g/mol. The third kappa shape index (κ3) is 16.7. The quantitative estimate of drug-likeness (QED) is 0.314. The molecule has 1 atom stereocenters. The highest BCUT2D eigenvalue weighted by molar-refractivity contribution is 5.75. The van der Waals surface area contributed by atoms with E-state index in [4.69, 9.17) is 5.11 Å². The normalized spacial score (nSPS) is 12.8. The zero-order valence-corrected chi connectivity index (χ0v) is 14.9. The lowest BCUT2D eigenvalue weighted by Crippen LogP contribution is -2.22. The van der Waals surface area contributed by atoms with Crippen LogP contribution in [0.15, 0.2) is 24.3 Å². The van der Waals surface area contributed by atoms with Gasteiger partial charge in [0.05, 0.1) is 6.10 Å². The predicted molar refractivity (Wildman–Crippen MR) is 96.8 cm³/mol. The van der Waals surface area contributed by atoms with E-state index in [1.54, 1.807) is 6.08 Å². The molecule has 0 aliphatic rings. The second kappa shape index (κ2) is 16.2. The van der Waals surface area contributed by atoms with Crippen LogP contribution in [0.1, 0.15) is 71.1 Å². The van der Waals surface area contributed by atoms with Gasteiger partial charge in [0.2, 0.25) is 5.91 Å². The van der Waals surface area contributed by atoms with Crippen LogP contribution in [-0.2, 0) is 9.59 Å². The van der Waals surface area contributed by atoms with E-state index in [1.807, 2.05) is 18.2 Å². The second-order valence-electron chi connectivity index (χ2n) is 5.99. The number of rotatable bonds is 15. The van der Waals surface area contributed by atoms with Gasteiger partial charge in [-0.15, -0.1) is 0 Å². The van der Waals surface area contributed by atoms with Gasteiger partial charge in [0.15, 0.2) is 0 Å². The molecule has 0 saturated heterocycles. The Balaban J connectivity index is 3.54. The Morgan fingerprint density at radius 2 is 1.71 bits per heavy atom. The number of hydrogen-bond acceptors (Lipinski definition) is 3. The van der Waals surface area contributed by atoms with Gasteiger partial charge in [-0.1, -0.05) is 63.3 Å². The molecule has 0 aliphatic heterocycles. The van der Waals surface area contributed by atoms with Crippen molar-refractivity contribution in [1.82, 2.24) is 5.32 Å². The van der Waals surface area contributed by atoms with Gasteiger partial charge in [-0.2, -0.15) is 0 Å². The summed E-state index contributed by atoms with van der Waals surface area (Å²) in [5.41, 5.74) is 0. The Hall–Kier alpha value is -1.62. The fourth-order valence-electron chi connectivity index (χ4n) is 2.22. The molecule has 0 aromatic carbocycles. The van der Waals surface area contributed by atoms with E-state index >= 15 is 0 Å². The van der Waals surface area contributed by atoms with Crippen LogP contribution in [0.5, 0.6) is 0 Å². The average Bonchev–Trinajstić information content (AvgIpc) is 2.54. The van der Waals surface area contributed by atoms with Crippen molar-refractivity contribution < 1.29 is 19.8 Å². The van der Waals surface area contributed by atoms with Crippen molar-refractivity contribution in [2.24, 2.45) is 0 Å². The van der Waals surface area contributed by atoms with Crippen LogP contribution in [0.4, 0.5) is 0 Å². The summed E-state index contributed by atoms with van der Waals surface area (Å²) in [4.78, 5) is 21.9. The van der Waals surface area contributed by atoms with Gasteiger partial charge in [0.25, 0.3) is 0 Å². The summed E-state index contributed by atoms with van der Waals surface area (Å²) in [7, 11) is 0. The van der Waals surface area contributed by atoms with E-state index in [0.717, 1.165) is 44.9 Å². The zero-order valence-electron chi connectivity index (χ0n) is 14.9. The second-order valence-corrected chi connectivity index (χ2v) is 5.99. The molecule has 0 aromatic heterocycles. The van der Waals surface area contributed by atoms with Crippen molar-refractivity contribution in [2.75, 3.05) is 6.54 Å². The lowest BCUT2D eigenvalue weighted by Gasteiger charge is -2.03. The third-order valence-corrected chi connectivity index (χ3v) is 3.65. The first kappa shape index (κ1) is 22.4. The number of amides is 1. The number of carboxylic acid groups (broad SMARTS) is 1. The van der Waals surface area contributed by atoms with Crippen molar-refractivity contribution in [3.63, 3.8) is 0 Å². The molecule has 0 spiro atoms. The highest BCUT2D eigenvalue weighted by atomic mass is 16.4. The monoisotopic (exact) mass is 339 g/mol. The Morgan fingerprint density at radius 1 is 1.00 bits per heavy atom. The van der Waals surface area contributed by atoms with E-state index in [9.17, 15) is 14.7 Å². The first-order valence-corrected chi connectivity index (χ1v) is 9.06. The highest BCUT2D eigenvalue weighted by Gasteiger charge is 2.00. The number of unbranched alkanes of at least 4 members (excludes halogenated alkanes) is 5. The molecule has 0 fully saturated rings. The maximum Gasteiger partial charge on any atom is 0.303 e. The van der Waals surface area contributed by atoms with Crippen molar-refractivity contribution in [2.45, 2.75) is 77.2 Å². The summed E-state index contributed by atoms with van der Waals surface area (Å²) < 4.78 is 0. The third-order valence-electron chi connectivity index (χ3n) is 3.65. The lowest BCUT2D eigenvalue weighted by molar-refractivity contribution is -0.137. The van der Waals surface area contributed by atoms with Crippen LogP contribution >= 0.6 is 0 Å². The van der Waals surface area contributed by atoms with Gasteiger partial charge < -0.3 is 15.5 Å². The van der Waals surface area contributed by atoms with Crippen LogP contribution in [0.2, 0.25) is 0 Å². The maximum absolute atomic E-state index is 11.6. The first-order valence-electron chi connectivity index (χ1n) is 9.06. The summed E-state index contributed by atoms with van der Waals surface area (Å²) >= 11 is 0. The minimum atomic E-state index is -0.762. The molecule has 5 heteroatoms. The minimum absolute atomic E-state index is 0.0152. The summed E-state index contributed by atoms with van der Waals surface area (Å²) in [6, 6.07) is 0. The summed E-state index contributed by atoms with van der Waals surface area (Å²) in [5.74, 6) is -0.747. The van der Waals surface area contributed by atoms with Gasteiger partial charge in [-0.25, -0.2) is 0 Å². The number of aliphatic carboxylic acids is 1.